The van der Waals surface area contributed by atoms with Crippen LogP contribution in [0.15, 0.2) is 164 Å². The van der Waals surface area contributed by atoms with Crippen molar-refractivity contribution in [2.45, 2.75) is 0 Å². The summed E-state index contributed by atoms with van der Waals surface area (Å²) < 4.78 is 7.10. The monoisotopic (exact) mass is 599 g/mol. The summed E-state index contributed by atoms with van der Waals surface area (Å²) in [5.74, 6) is 1.69. The van der Waals surface area contributed by atoms with Crippen molar-refractivity contribution < 1.29 is 4.74 Å². The van der Waals surface area contributed by atoms with E-state index in [0.29, 0.717) is 0 Å². The van der Waals surface area contributed by atoms with E-state index in [-0.39, 0.29) is 13.4 Å². The second-order valence-corrected chi connectivity index (χ2v) is 12.3. The molecule has 4 heterocycles. The molecule has 0 aliphatic carbocycles. The summed E-state index contributed by atoms with van der Waals surface area (Å²) in [5.41, 5.74) is 14.3. The second-order valence-electron chi connectivity index (χ2n) is 12.3. The third kappa shape index (κ3) is 3.82. The van der Waals surface area contributed by atoms with Crippen LogP contribution in [0.3, 0.4) is 0 Å². The zero-order valence-corrected chi connectivity index (χ0v) is 25.5. The van der Waals surface area contributed by atoms with Crippen LogP contribution in [0, 0.1) is 0 Å². The fraction of sp³-hybridized carbons (Fsp3) is 0. The predicted octanol–water partition coefficient (Wildman–Crippen LogP) is 5.79. The third-order valence-corrected chi connectivity index (χ3v) is 9.86. The topological polar surface area (TPSA) is 28.6 Å². The van der Waals surface area contributed by atoms with Crippen LogP contribution in [-0.4, -0.2) is 18.4 Å². The molecule has 0 saturated carbocycles. The van der Waals surface area contributed by atoms with Gasteiger partial charge in [0.2, 0.25) is 13.4 Å². The summed E-state index contributed by atoms with van der Waals surface area (Å²) >= 11 is 0. The van der Waals surface area contributed by atoms with Gasteiger partial charge in [0.1, 0.15) is 0 Å². The maximum absolute atomic E-state index is 7.10. The first-order chi connectivity index (χ1) is 23.4. The number of rotatable bonds is 3. The van der Waals surface area contributed by atoms with Crippen LogP contribution in [0.4, 0.5) is 34.1 Å². The molecule has 0 radical (unpaired) electrons. The summed E-state index contributed by atoms with van der Waals surface area (Å²) in [7, 11) is 0. The van der Waals surface area contributed by atoms with Crippen molar-refractivity contribution >= 4 is 80.3 Å². The number of aromatic nitrogens is 1. The first kappa shape index (κ1) is 26.2. The van der Waals surface area contributed by atoms with Gasteiger partial charge in [-0.3, -0.25) is 4.98 Å². The van der Waals surface area contributed by atoms with Crippen molar-refractivity contribution in [1.29, 1.82) is 0 Å². The first-order valence-electron chi connectivity index (χ1n) is 16.1. The number of hydrogen-bond acceptors (Lipinski definition) is 4. The van der Waals surface area contributed by atoms with Crippen LogP contribution < -0.4 is 47.3 Å². The molecular formula is C41H27B2N3O. The Morgan fingerprint density at radius 3 is 1.83 bits per heavy atom. The average molecular weight is 599 g/mol. The van der Waals surface area contributed by atoms with Crippen molar-refractivity contribution in [2.75, 3.05) is 9.80 Å². The highest BCUT2D eigenvalue weighted by Crippen LogP contribution is 2.55. The van der Waals surface area contributed by atoms with Gasteiger partial charge in [-0.1, -0.05) is 125 Å². The van der Waals surface area contributed by atoms with Gasteiger partial charge in [0.25, 0.3) is 0 Å². The molecule has 4 nitrogen and oxygen atoms in total. The minimum atomic E-state index is 0.0432. The van der Waals surface area contributed by atoms with E-state index in [2.05, 4.69) is 166 Å². The lowest BCUT2D eigenvalue weighted by atomic mass is 9.20. The molecule has 0 spiro atoms. The van der Waals surface area contributed by atoms with Crippen molar-refractivity contribution in [1.82, 2.24) is 4.98 Å². The number of pyridine rings is 1. The van der Waals surface area contributed by atoms with Crippen LogP contribution in [0.2, 0.25) is 0 Å². The van der Waals surface area contributed by atoms with Gasteiger partial charge in [-0.15, -0.1) is 0 Å². The zero-order chi connectivity index (χ0) is 30.9. The normalized spacial score (nSPS) is 13.5. The zero-order valence-electron chi connectivity index (χ0n) is 25.5. The highest BCUT2D eigenvalue weighted by Gasteiger charge is 2.48. The van der Waals surface area contributed by atoms with E-state index < -0.39 is 0 Å². The number of anilines is 6. The molecule has 0 unspecified atom stereocenters. The number of para-hydroxylation sites is 4. The number of benzene rings is 6. The summed E-state index contributed by atoms with van der Waals surface area (Å²) in [5, 5.41) is 0. The number of nitrogens with zero attached hydrogens (tertiary/aromatic N) is 3. The molecular weight excluding hydrogens is 572 g/mol. The Bertz CT molecular complexity index is 2300. The Balaban J connectivity index is 1.38. The van der Waals surface area contributed by atoms with E-state index in [9.17, 15) is 0 Å². The van der Waals surface area contributed by atoms with Crippen molar-refractivity contribution in [2.24, 2.45) is 0 Å². The largest absolute Gasteiger partial charge is 0.451 e. The van der Waals surface area contributed by atoms with Crippen LogP contribution in [0.1, 0.15) is 0 Å². The maximum Gasteiger partial charge on any atom is 0.245 e. The predicted molar refractivity (Wildman–Crippen MR) is 196 cm³/mol. The van der Waals surface area contributed by atoms with Crippen molar-refractivity contribution in [3.63, 3.8) is 0 Å². The molecule has 0 bridgehead atoms. The Hall–Kier alpha value is -6.00. The highest BCUT2D eigenvalue weighted by molar-refractivity contribution is 7.12. The van der Waals surface area contributed by atoms with Crippen molar-refractivity contribution in [3.05, 3.63) is 164 Å². The Labute approximate surface area is 274 Å². The fourth-order valence-electron chi connectivity index (χ4n) is 8.03. The lowest BCUT2D eigenvalue weighted by molar-refractivity contribution is 0.478. The van der Waals surface area contributed by atoms with E-state index in [1.54, 1.807) is 0 Å². The highest BCUT2D eigenvalue weighted by atomic mass is 16.5. The van der Waals surface area contributed by atoms with Crippen LogP contribution >= 0.6 is 0 Å². The van der Waals surface area contributed by atoms with Gasteiger partial charge < -0.3 is 14.5 Å². The lowest BCUT2D eigenvalue weighted by Crippen LogP contribution is -2.76. The SMILES string of the molecule is c1ccc(B2c3ccccc3B3c4ccccc4N(c4ccncc4)c4c5c(cc2c43)N(c2ccccc2)c2ccccc2O5)cc1. The van der Waals surface area contributed by atoms with Gasteiger partial charge in [0.05, 0.1) is 17.1 Å². The Morgan fingerprint density at radius 2 is 1.06 bits per heavy atom. The minimum Gasteiger partial charge on any atom is -0.451 e. The molecule has 10 rings (SSSR count). The Morgan fingerprint density at radius 1 is 0.468 bits per heavy atom. The van der Waals surface area contributed by atoms with Crippen LogP contribution in [-0.2, 0) is 0 Å². The summed E-state index contributed by atoms with van der Waals surface area (Å²) in [6.07, 6.45) is 3.75. The van der Waals surface area contributed by atoms with Crippen LogP contribution in [0.25, 0.3) is 0 Å². The van der Waals surface area contributed by atoms with E-state index in [4.69, 9.17) is 4.74 Å². The lowest BCUT2D eigenvalue weighted by Gasteiger charge is -2.45. The summed E-state index contributed by atoms with van der Waals surface area (Å²) in [6.45, 7) is 0.0868. The van der Waals surface area contributed by atoms with Gasteiger partial charge in [-0.05, 0) is 59.5 Å². The van der Waals surface area contributed by atoms with E-state index >= 15 is 0 Å². The molecule has 7 aromatic rings. The molecule has 0 N–H and O–H groups in total. The number of ether oxygens (including phenoxy) is 1. The average Bonchev–Trinajstić information content (AvgIpc) is 3.15. The smallest absolute Gasteiger partial charge is 0.245 e. The van der Waals surface area contributed by atoms with Crippen molar-refractivity contribution in [3.8, 4) is 11.5 Å². The van der Waals surface area contributed by atoms with Gasteiger partial charge >= 0.3 is 0 Å². The molecule has 0 atom stereocenters. The first-order valence-corrected chi connectivity index (χ1v) is 16.1. The molecule has 0 saturated heterocycles. The fourth-order valence-corrected chi connectivity index (χ4v) is 8.03. The molecule has 3 aliphatic rings. The number of fused-ring (bicyclic) bond motifs is 7. The molecule has 0 amide bonds. The van der Waals surface area contributed by atoms with Gasteiger partial charge in [0, 0.05) is 29.5 Å². The minimum absolute atomic E-state index is 0.0432. The third-order valence-electron chi connectivity index (χ3n) is 9.86. The maximum atomic E-state index is 7.10. The summed E-state index contributed by atoms with van der Waals surface area (Å²) in [4.78, 5) is 9.17. The molecule has 3 aliphatic heterocycles. The molecule has 6 heteroatoms. The molecule has 218 valence electrons. The van der Waals surface area contributed by atoms with E-state index in [0.717, 1.165) is 45.6 Å². The molecule has 47 heavy (non-hydrogen) atoms. The summed E-state index contributed by atoms with van der Waals surface area (Å²) in [6, 6.07) is 54.5. The van der Waals surface area contributed by atoms with Crippen LogP contribution in [0.5, 0.6) is 11.5 Å². The quantitative estimate of drug-likeness (QED) is 0.241. The van der Waals surface area contributed by atoms with E-state index in [1.807, 2.05) is 12.4 Å². The number of hydrogen-bond donors (Lipinski definition) is 0. The Kier molecular flexibility index (Phi) is 5.73. The van der Waals surface area contributed by atoms with E-state index in [1.165, 1.54) is 32.8 Å². The molecule has 0 fully saturated rings. The second kappa shape index (κ2) is 10.3. The van der Waals surface area contributed by atoms with Gasteiger partial charge in [-0.2, -0.15) is 0 Å². The van der Waals surface area contributed by atoms with Gasteiger partial charge in [0.15, 0.2) is 11.5 Å². The standard InChI is InChI=1S/C41H27B2N3O/c1-3-13-28(14-4-1)42-31-17-7-8-18-32(31)43-33-19-9-10-20-35(33)46(30-23-25-44-26-24-30)40-39(43)34(42)27-37-41(40)47-38-22-12-11-21-36(38)45(37)29-15-5-2-6-16-29/h1-27H. The molecule has 1 aromatic heterocycles. The molecule has 6 aromatic carbocycles. The van der Waals surface area contributed by atoms with Gasteiger partial charge in [-0.25, -0.2) is 0 Å².